The Morgan fingerprint density at radius 2 is 2.11 bits per heavy atom. The summed E-state index contributed by atoms with van der Waals surface area (Å²) in [6.07, 6.45) is 5.11. The van der Waals surface area contributed by atoms with Crippen molar-refractivity contribution in [3.8, 4) is 0 Å². The summed E-state index contributed by atoms with van der Waals surface area (Å²) in [4.78, 5) is 17.9. The zero-order valence-corrected chi connectivity index (χ0v) is 17.5. The maximum Gasteiger partial charge on any atom is 0.226 e. The van der Waals surface area contributed by atoms with Gasteiger partial charge in [-0.15, -0.1) is 0 Å². The molecule has 1 saturated carbocycles. The lowest BCUT2D eigenvalue weighted by Crippen LogP contribution is -2.43. The molecule has 1 aliphatic heterocycles. The first-order valence-corrected chi connectivity index (χ1v) is 10.7. The fourth-order valence-corrected chi connectivity index (χ4v) is 4.81. The highest BCUT2D eigenvalue weighted by Gasteiger charge is 2.46. The third-order valence-electron chi connectivity index (χ3n) is 6.18. The largest absolute Gasteiger partial charge is 0.335 e. The van der Waals surface area contributed by atoms with E-state index in [1.54, 1.807) is 10.9 Å². The summed E-state index contributed by atoms with van der Waals surface area (Å²) in [5.41, 5.74) is 2.06. The van der Waals surface area contributed by atoms with Crippen LogP contribution in [-0.2, 0) is 18.4 Å². The smallest absolute Gasteiger partial charge is 0.226 e. The Morgan fingerprint density at radius 1 is 1.32 bits per heavy atom. The number of amides is 1. The van der Waals surface area contributed by atoms with Crippen LogP contribution in [0.15, 0.2) is 36.5 Å². The lowest BCUT2D eigenvalue weighted by molar-refractivity contribution is -0.134. The molecule has 150 valence electrons. The topological polar surface area (TPSA) is 41.4 Å². The Balaban J connectivity index is 1.50. The van der Waals surface area contributed by atoms with Gasteiger partial charge in [0.2, 0.25) is 5.91 Å². The fraction of sp³-hybridized carbons (Fsp3) is 0.545. The van der Waals surface area contributed by atoms with Gasteiger partial charge in [0, 0.05) is 31.7 Å². The normalized spacial score (nSPS) is 24.5. The zero-order valence-electron chi connectivity index (χ0n) is 16.7. The highest BCUT2D eigenvalue weighted by molar-refractivity contribution is 6.31. The molecule has 0 spiro atoms. The van der Waals surface area contributed by atoms with Gasteiger partial charge in [0.1, 0.15) is 5.69 Å². The number of hydrogen-bond donors (Lipinski definition) is 0. The average molecular weight is 401 g/mol. The molecule has 2 aromatic rings. The summed E-state index contributed by atoms with van der Waals surface area (Å²) < 4.78 is 1.72. The summed E-state index contributed by atoms with van der Waals surface area (Å²) in [5, 5.41) is 5.11. The molecule has 1 amide bonds. The van der Waals surface area contributed by atoms with Crippen molar-refractivity contribution >= 4 is 17.5 Å². The predicted molar refractivity (Wildman–Crippen MR) is 111 cm³/mol. The number of likely N-dealkylation sites (N-methyl/N-ethyl adjacent to an activating group) is 1. The Morgan fingerprint density at radius 3 is 2.79 bits per heavy atom. The van der Waals surface area contributed by atoms with E-state index in [1.807, 2.05) is 18.0 Å². The first-order valence-electron chi connectivity index (χ1n) is 10.3. The molecular formula is C22H29ClN4O. The fourth-order valence-electron chi connectivity index (χ4n) is 4.57. The first-order chi connectivity index (χ1) is 13.6. The number of carbonyl (C=O) groups is 1. The molecule has 28 heavy (non-hydrogen) atoms. The van der Waals surface area contributed by atoms with Crippen LogP contribution in [-0.4, -0.2) is 51.2 Å². The molecule has 2 fully saturated rings. The monoisotopic (exact) mass is 400 g/mol. The molecule has 1 aliphatic carbocycles. The van der Waals surface area contributed by atoms with Gasteiger partial charge in [-0.3, -0.25) is 14.4 Å². The van der Waals surface area contributed by atoms with Gasteiger partial charge in [0.25, 0.3) is 0 Å². The van der Waals surface area contributed by atoms with E-state index in [0.29, 0.717) is 23.5 Å². The lowest BCUT2D eigenvalue weighted by Gasteiger charge is -2.30. The van der Waals surface area contributed by atoms with Crippen molar-refractivity contribution in [2.24, 2.45) is 13.0 Å². The molecule has 6 heteroatoms. The maximum atomic E-state index is 13.4. The Kier molecular flexibility index (Phi) is 5.74. The molecule has 2 aliphatic rings. The molecule has 2 heterocycles. The van der Waals surface area contributed by atoms with E-state index in [0.717, 1.165) is 38.2 Å². The number of rotatable bonds is 7. The van der Waals surface area contributed by atoms with Crippen molar-refractivity contribution in [2.75, 3.05) is 19.6 Å². The predicted octanol–water partition coefficient (Wildman–Crippen LogP) is 3.69. The van der Waals surface area contributed by atoms with Gasteiger partial charge in [-0.25, -0.2) is 0 Å². The zero-order chi connectivity index (χ0) is 19.7. The van der Waals surface area contributed by atoms with E-state index in [4.69, 9.17) is 11.6 Å². The van der Waals surface area contributed by atoms with Crippen molar-refractivity contribution in [3.05, 3.63) is 52.8 Å². The van der Waals surface area contributed by atoms with Crippen LogP contribution in [0.25, 0.3) is 0 Å². The van der Waals surface area contributed by atoms with Gasteiger partial charge < -0.3 is 4.90 Å². The van der Waals surface area contributed by atoms with E-state index in [9.17, 15) is 4.79 Å². The number of aryl methyl sites for hydroxylation is 1. The molecular weight excluding hydrogens is 372 g/mol. The number of nitrogens with zero attached hydrogens (tertiary/aromatic N) is 4. The molecule has 1 aromatic heterocycles. The van der Waals surface area contributed by atoms with Gasteiger partial charge in [-0.05, 0) is 43.8 Å². The number of likely N-dealkylation sites (tertiary alicyclic amines) is 1. The number of hydrogen-bond acceptors (Lipinski definition) is 3. The highest BCUT2D eigenvalue weighted by atomic mass is 35.5. The Bertz CT molecular complexity index is 821. The highest BCUT2D eigenvalue weighted by Crippen LogP contribution is 2.48. The van der Waals surface area contributed by atoms with E-state index >= 15 is 0 Å². The summed E-state index contributed by atoms with van der Waals surface area (Å²) in [5.74, 6) is 0.682. The van der Waals surface area contributed by atoms with E-state index < -0.39 is 0 Å². The van der Waals surface area contributed by atoms with Gasteiger partial charge in [-0.1, -0.05) is 48.9 Å². The minimum Gasteiger partial charge on any atom is -0.335 e. The number of benzene rings is 1. The third kappa shape index (κ3) is 4.11. The van der Waals surface area contributed by atoms with E-state index in [-0.39, 0.29) is 11.8 Å². The molecule has 1 aromatic carbocycles. The van der Waals surface area contributed by atoms with Gasteiger partial charge in [0.15, 0.2) is 0 Å². The van der Waals surface area contributed by atoms with Crippen LogP contribution in [0.4, 0.5) is 0 Å². The third-order valence-corrected chi connectivity index (χ3v) is 6.49. The molecule has 0 radical (unpaired) electrons. The summed E-state index contributed by atoms with van der Waals surface area (Å²) in [6, 6.07) is 10.8. The van der Waals surface area contributed by atoms with Gasteiger partial charge in [-0.2, -0.15) is 5.10 Å². The lowest BCUT2D eigenvalue weighted by atomic mass is 10.1. The minimum absolute atomic E-state index is 0.0846. The maximum absolute atomic E-state index is 13.4. The van der Waals surface area contributed by atoms with E-state index in [1.165, 1.54) is 12.0 Å². The standard InChI is InChI=1S/C22H29ClN4O/c1-3-26-11-7-10-17(26)13-27(15-21-20(23)14-25(2)24-21)22(28)19-12-18(19)16-8-5-4-6-9-16/h4-6,8-9,14,17-19H,3,7,10-13,15H2,1-2H3/t17-,18-,19+/m0/s1. The van der Waals surface area contributed by atoms with Crippen LogP contribution in [0.2, 0.25) is 5.02 Å². The molecule has 4 rings (SSSR count). The quantitative estimate of drug-likeness (QED) is 0.711. The molecule has 3 atom stereocenters. The second-order valence-electron chi connectivity index (χ2n) is 8.10. The summed E-state index contributed by atoms with van der Waals surface area (Å²) >= 11 is 6.35. The minimum atomic E-state index is 0.0846. The molecule has 1 saturated heterocycles. The second-order valence-corrected chi connectivity index (χ2v) is 8.51. The number of carbonyl (C=O) groups excluding carboxylic acids is 1. The van der Waals surface area contributed by atoms with Crippen LogP contribution in [0, 0.1) is 5.92 Å². The van der Waals surface area contributed by atoms with Crippen LogP contribution in [0.5, 0.6) is 0 Å². The van der Waals surface area contributed by atoms with Crippen molar-refractivity contribution in [1.29, 1.82) is 0 Å². The van der Waals surface area contributed by atoms with Gasteiger partial charge >= 0.3 is 0 Å². The molecule has 0 unspecified atom stereocenters. The summed E-state index contributed by atoms with van der Waals surface area (Å²) in [7, 11) is 1.86. The number of aromatic nitrogens is 2. The molecule has 5 nitrogen and oxygen atoms in total. The summed E-state index contributed by atoms with van der Waals surface area (Å²) in [6.45, 7) is 5.62. The second kappa shape index (κ2) is 8.26. The molecule has 0 N–H and O–H groups in total. The first kappa shape index (κ1) is 19.5. The van der Waals surface area contributed by atoms with Crippen LogP contribution in [0.3, 0.4) is 0 Å². The van der Waals surface area contributed by atoms with Crippen molar-refractivity contribution in [2.45, 2.75) is 44.7 Å². The van der Waals surface area contributed by atoms with Crippen LogP contribution >= 0.6 is 11.6 Å². The van der Waals surface area contributed by atoms with E-state index in [2.05, 4.69) is 41.2 Å². The van der Waals surface area contributed by atoms with Crippen molar-refractivity contribution in [3.63, 3.8) is 0 Å². The van der Waals surface area contributed by atoms with Gasteiger partial charge in [0.05, 0.1) is 11.6 Å². The Hall–Kier alpha value is -1.85. The van der Waals surface area contributed by atoms with Crippen molar-refractivity contribution < 1.29 is 4.79 Å². The van der Waals surface area contributed by atoms with Crippen LogP contribution in [0.1, 0.15) is 43.4 Å². The average Bonchev–Trinajstić information content (AvgIpc) is 3.27. The SMILES string of the molecule is CCN1CCC[C@H]1CN(Cc1nn(C)cc1Cl)C(=O)[C@@H]1C[C@H]1c1ccccc1. The van der Waals surface area contributed by atoms with Crippen molar-refractivity contribution in [1.82, 2.24) is 19.6 Å². The Labute approximate surface area is 172 Å². The number of halogens is 1. The van der Waals surface area contributed by atoms with Crippen LogP contribution < -0.4 is 0 Å². The molecule has 0 bridgehead atoms.